The van der Waals surface area contributed by atoms with Gasteiger partial charge in [-0.1, -0.05) is 29.8 Å². The maximum Gasteiger partial charge on any atom is 0.310 e. The molecule has 6 atom stereocenters. The van der Waals surface area contributed by atoms with Gasteiger partial charge < -0.3 is 14.8 Å². The lowest BCUT2D eigenvalue weighted by atomic mass is 9.79. The van der Waals surface area contributed by atoms with Gasteiger partial charge in [0.25, 0.3) is 0 Å². The number of nitrogens with one attached hydrogen (secondary N) is 1. The second kappa shape index (κ2) is 7.52. The van der Waals surface area contributed by atoms with Gasteiger partial charge in [-0.3, -0.25) is 14.4 Å². The summed E-state index contributed by atoms with van der Waals surface area (Å²) in [7, 11) is 0. The molecule has 5 rings (SSSR count). The van der Waals surface area contributed by atoms with Gasteiger partial charge in [0, 0.05) is 17.2 Å². The molecule has 0 radical (unpaired) electrons. The maximum atomic E-state index is 12.9. The summed E-state index contributed by atoms with van der Waals surface area (Å²) in [6, 6.07) is 14.4. The predicted octanol–water partition coefficient (Wildman–Crippen LogP) is 3.78. The van der Waals surface area contributed by atoms with E-state index in [4.69, 9.17) is 9.47 Å². The van der Waals surface area contributed by atoms with Gasteiger partial charge >= 0.3 is 5.97 Å². The van der Waals surface area contributed by atoms with Gasteiger partial charge in [-0.05, 0) is 56.9 Å². The highest BCUT2D eigenvalue weighted by molar-refractivity contribution is 5.99. The first-order valence-corrected chi connectivity index (χ1v) is 10.8. The standard InChI is InChI=1S/C25H25NO5/c1-13-3-5-15(6-4-13)23(27)14(2)30-18-9-7-17(8-10-18)26-24(28)21-16-11-19-20(12-16)31-25(29)22(19)21/h3-10,14,16,19-22H,11-12H2,1-2H3,(H,26,28)/t14-,16-,19+,20-,21+,22+/m1/s1. The van der Waals surface area contributed by atoms with Gasteiger partial charge in [0.2, 0.25) is 11.7 Å². The summed E-state index contributed by atoms with van der Waals surface area (Å²) in [5, 5.41) is 2.94. The molecular weight excluding hydrogens is 394 g/mol. The van der Waals surface area contributed by atoms with Crippen molar-refractivity contribution in [1.29, 1.82) is 0 Å². The minimum Gasteiger partial charge on any atom is -0.483 e. The van der Waals surface area contributed by atoms with Crippen LogP contribution in [0.3, 0.4) is 0 Å². The van der Waals surface area contributed by atoms with Crippen molar-refractivity contribution in [1.82, 2.24) is 0 Å². The average Bonchev–Trinajstić information content (AvgIpc) is 3.38. The molecule has 0 unspecified atom stereocenters. The van der Waals surface area contributed by atoms with Gasteiger partial charge in [-0.25, -0.2) is 0 Å². The fourth-order valence-electron chi connectivity index (χ4n) is 5.42. The van der Waals surface area contributed by atoms with E-state index in [1.165, 1.54) is 0 Å². The molecule has 2 saturated carbocycles. The van der Waals surface area contributed by atoms with Gasteiger partial charge in [0.15, 0.2) is 6.10 Å². The molecule has 3 fully saturated rings. The number of esters is 1. The summed E-state index contributed by atoms with van der Waals surface area (Å²) >= 11 is 0. The molecule has 1 aliphatic heterocycles. The van der Waals surface area contributed by atoms with Crippen molar-refractivity contribution in [2.45, 2.75) is 38.9 Å². The highest BCUT2D eigenvalue weighted by Crippen LogP contribution is 2.57. The Morgan fingerprint density at radius 3 is 2.48 bits per heavy atom. The molecule has 1 amide bonds. The van der Waals surface area contributed by atoms with Crippen LogP contribution in [0.5, 0.6) is 5.75 Å². The molecule has 6 heteroatoms. The van der Waals surface area contributed by atoms with Crippen LogP contribution in [0.25, 0.3) is 0 Å². The fraction of sp³-hybridized carbons (Fsp3) is 0.400. The van der Waals surface area contributed by atoms with Crippen molar-refractivity contribution in [3.8, 4) is 5.75 Å². The number of hydrogen-bond donors (Lipinski definition) is 1. The number of ketones is 1. The highest BCUT2D eigenvalue weighted by atomic mass is 16.6. The smallest absolute Gasteiger partial charge is 0.310 e. The number of Topliss-reactive ketones (excluding diaryl/α,β-unsaturated/α-hetero) is 1. The van der Waals surface area contributed by atoms with E-state index in [0.29, 0.717) is 17.0 Å². The van der Waals surface area contributed by atoms with Crippen LogP contribution < -0.4 is 10.1 Å². The topological polar surface area (TPSA) is 81.7 Å². The minimum absolute atomic E-state index is 0.0209. The number of aryl methyl sites for hydroxylation is 1. The third-order valence-corrected chi connectivity index (χ3v) is 6.93. The van der Waals surface area contributed by atoms with Gasteiger partial charge in [-0.15, -0.1) is 0 Å². The summed E-state index contributed by atoms with van der Waals surface area (Å²) in [4.78, 5) is 37.6. The summed E-state index contributed by atoms with van der Waals surface area (Å²) in [6.07, 6.45) is 1.09. The largest absolute Gasteiger partial charge is 0.483 e. The first-order chi connectivity index (χ1) is 14.9. The number of fused-ring (bicyclic) bond motifs is 1. The normalized spacial score (nSPS) is 28.8. The van der Waals surface area contributed by atoms with Gasteiger partial charge in [0.1, 0.15) is 11.9 Å². The number of benzene rings is 2. The van der Waals surface area contributed by atoms with Crippen molar-refractivity contribution >= 4 is 23.3 Å². The van der Waals surface area contributed by atoms with Crippen molar-refractivity contribution in [3.05, 3.63) is 59.7 Å². The van der Waals surface area contributed by atoms with Crippen LogP contribution in [0.2, 0.25) is 0 Å². The van der Waals surface area contributed by atoms with Crippen molar-refractivity contribution in [2.75, 3.05) is 5.32 Å². The SMILES string of the molecule is Cc1ccc(C(=O)[C@@H](C)Oc2ccc(NC(=O)[C@H]3[C@@H]4C[C@@H]5[C@@H]3C(=O)O[C@@H]5C4)cc2)cc1. The number of carbonyl (C=O) groups excluding carboxylic acids is 3. The second-order valence-electron chi connectivity index (χ2n) is 8.93. The Balaban J connectivity index is 1.20. The van der Waals surface area contributed by atoms with Crippen LogP contribution in [0.4, 0.5) is 5.69 Å². The summed E-state index contributed by atoms with van der Waals surface area (Å²) in [5.41, 5.74) is 2.35. The van der Waals surface area contributed by atoms with E-state index in [-0.39, 0.29) is 47.4 Å². The van der Waals surface area contributed by atoms with Crippen molar-refractivity contribution in [3.63, 3.8) is 0 Å². The van der Waals surface area contributed by atoms with E-state index in [2.05, 4.69) is 5.32 Å². The monoisotopic (exact) mass is 419 g/mol. The Morgan fingerprint density at radius 2 is 1.77 bits per heavy atom. The second-order valence-corrected chi connectivity index (χ2v) is 8.93. The van der Waals surface area contributed by atoms with E-state index >= 15 is 0 Å². The van der Waals surface area contributed by atoms with E-state index in [1.807, 2.05) is 19.1 Å². The Kier molecular flexibility index (Phi) is 4.80. The lowest BCUT2D eigenvalue weighted by molar-refractivity contribution is -0.145. The predicted molar refractivity (Wildman–Crippen MR) is 114 cm³/mol. The Bertz CT molecular complexity index is 1030. The van der Waals surface area contributed by atoms with Crippen LogP contribution >= 0.6 is 0 Å². The van der Waals surface area contributed by atoms with Crippen molar-refractivity contribution < 1.29 is 23.9 Å². The van der Waals surface area contributed by atoms with Crippen LogP contribution in [0.15, 0.2) is 48.5 Å². The zero-order valence-corrected chi connectivity index (χ0v) is 17.5. The molecule has 2 aromatic rings. The lowest BCUT2D eigenvalue weighted by Crippen LogP contribution is -2.35. The van der Waals surface area contributed by atoms with E-state index in [9.17, 15) is 14.4 Å². The van der Waals surface area contributed by atoms with E-state index in [1.54, 1.807) is 43.3 Å². The molecule has 1 saturated heterocycles. The number of rotatable bonds is 6. The van der Waals surface area contributed by atoms with E-state index < -0.39 is 6.10 Å². The summed E-state index contributed by atoms with van der Waals surface area (Å²) in [5.74, 6) is -0.0420. The molecular formula is C25H25NO5. The molecule has 2 aromatic carbocycles. The van der Waals surface area contributed by atoms with Crippen LogP contribution in [-0.4, -0.2) is 29.9 Å². The summed E-state index contributed by atoms with van der Waals surface area (Å²) < 4.78 is 11.2. The third kappa shape index (κ3) is 3.50. The molecule has 0 spiro atoms. The average molecular weight is 419 g/mol. The Morgan fingerprint density at radius 1 is 1.06 bits per heavy atom. The highest BCUT2D eigenvalue weighted by Gasteiger charge is 2.63. The van der Waals surface area contributed by atoms with Crippen molar-refractivity contribution in [2.24, 2.45) is 23.7 Å². The Labute approximate surface area is 180 Å². The van der Waals surface area contributed by atoms with E-state index in [0.717, 1.165) is 18.4 Å². The zero-order chi connectivity index (χ0) is 21.7. The first-order valence-electron chi connectivity index (χ1n) is 10.8. The van der Waals surface area contributed by atoms with Crippen LogP contribution in [-0.2, 0) is 14.3 Å². The molecule has 2 aliphatic carbocycles. The number of amides is 1. The molecule has 160 valence electrons. The van der Waals surface area contributed by atoms with Crippen LogP contribution in [0.1, 0.15) is 35.7 Å². The summed E-state index contributed by atoms with van der Waals surface area (Å²) in [6.45, 7) is 3.70. The Hall–Kier alpha value is -3.15. The molecule has 6 nitrogen and oxygen atoms in total. The quantitative estimate of drug-likeness (QED) is 0.569. The zero-order valence-electron chi connectivity index (χ0n) is 17.5. The molecule has 1 N–H and O–H groups in total. The van der Waals surface area contributed by atoms with Gasteiger partial charge in [0.05, 0.1) is 11.8 Å². The number of ether oxygens (including phenoxy) is 2. The maximum absolute atomic E-state index is 12.9. The number of carbonyl (C=O) groups is 3. The fourth-order valence-corrected chi connectivity index (χ4v) is 5.42. The lowest BCUT2D eigenvalue weighted by Gasteiger charge is -2.23. The molecule has 3 aliphatic rings. The van der Waals surface area contributed by atoms with Gasteiger partial charge in [-0.2, -0.15) is 0 Å². The number of hydrogen-bond acceptors (Lipinski definition) is 5. The molecule has 2 bridgehead atoms. The molecule has 31 heavy (non-hydrogen) atoms. The number of anilines is 1. The minimum atomic E-state index is -0.626. The molecule has 1 heterocycles. The third-order valence-electron chi connectivity index (χ3n) is 6.93. The van der Waals surface area contributed by atoms with Crippen LogP contribution in [0, 0.1) is 30.6 Å². The first kappa shape index (κ1) is 19.8. The molecule has 0 aromatic heterocycles.